The molecule has 1 aromatic heterocycles. The zero-order chi connectivity index (χ0) is 20.6. The summed E-state index contributed by atoms with van der Waals surface area (Å²) in [5.74, 6) is -0.438. The summed E-state index contributed by atoms with van der Waals surface area (Å²) in [6.45, 7) is 1.55. The summed E-state index contributed by atoms with van der Waals surface area (Å²) in [4.78, 5) is 12.6. The Kier molecular flexibility index (Phi) is 4.76. The van der Waals surface area contributed by atoms with Gasteiger partial charge in [-0.15, -0.1) is 0 Å². The number of nitrogens with zero attached hydrogens (tertiary/aromatic N) is 1. The van der Waals surface area contributed by atoms with Gasteiger partial charge in [0.2, 0.25) is 15.9 Å². The van der Waals surface area contributed by atoms with E-state index in [1.165, 1.54) is 0 Å². The SMILES string of the molecule is Cc1cccc(N(CC(=O)Nc2ccc3c(c2)oc2ccccc23)S(C)(=O)=O)c1. The van der Waals surface area contributed by atoms with Gasteiger partial charge in [0.05, 0.1) is 11.9 Å². The van der Waals surface area contributed by atoms with Gasteiger partial charge in [0.1, 0.15) is 17.7 Å². The number of carbonyl (C=O) groups excluding carboxylic acids is 1. The average molecular weight is 408 g/mol. The first-order valence-electron chi connectivity index (χ1n) is 9.07. The maximum atomic E-state index is 12.6. The van der Waals surface area contributed by atoms with E-state index >= 15 is 0 Å². The van der Waals surface area contributed by atoms with Crippen LogP contribution in [0.2, 0.25) is 0 Å². The lowest BCUT2D eigenvalue weighted by atomic mass is 10.1. The van der Waals surface area contributed by atoms with E-state index in [4.69, 9.17) is 4.42 Å². The fourth-order valence-corrected chi connectivity index (χ4v) is 4.17. The predicted octanol–water partition coefficient (Wildman–Crippen LogP) is 4.30. The van der Waals surface area contributed by atoms with Crippen molar-refractivity contribution in [3.63, 3.8) is 0 Å². The van der Waals surface area contributed by atoms with E-state index in [0.29, 0.717) is 17.0 Å². The molecule has 0 radical (unpaired) electrons. The van der Waals surface area contributed by atoms with Crippen LogP contribution in [-0.2, 0) is 14.8 Å². The predicted molar refractivity (Wildman–Crippen MR) is 116 cm³/mol. The second-order valence-electron chi connectivity index (χ2n) is 6.97. The van der Waals surface area contributed by atoms with Gasteiger partial charge in [-0.1, -0.05) is 30.3 Å². The van der Waals surface area contributed by atoms with Gasteiger partial charge in [0.25, 0.3) is 0 Å². The number of rotatable bonds is 5. The van der Waals surface area contributed by atoms with E-state index < -0.39 is 15.9 Å². The fourth-order valence-electron chi connectivity index (χ4n) is 3.32. The minimum atomic E-state index is -3.62. The van der Waals surface area contributed by atoms with Gasteiger partial charge >= 0.3 is 0 Å². The van der Waals surface area contributed by atoms with Crippen molar-refractivity contribution in [2.45, 2.75) is 6.92 Å². The number of aryl methyl sites for hydroxylation is 1. The molecule has 3 aromatic carbocycles. The van der Waals surface area contributed by atoms with Crippen LogP contribution in [0.1, 0.15) is 5.56 Å². The number of nitrogens with one attached hydrogen (secondary N) is 1. The van der Waals surface area contributed by atoms with Crippen molar-refractivity contribution >= 4 is 49.2 Å². The smallest absolute Gasteiger partial charge is 0.245 e. The zero-order valence-electron chi connectivity index (χ0n) is 16.0. The summed E-state index contributed by atoms with van der Waals surface area (Å²) in [5.41, 5.74) is 3.33. The van der Waals surface area contributed by atoms with E-state index in [9.17, 15) is 13.2 Å². The van der Waals surface area contributed by atoms with Gasteiger partial charge in [-0.2, -0.15) is 0 Å². The summed E-state index contributed by atoms with van der Waals surface area (Å²) in [6, 6.07) is 20.1. The molecule has 0 saturated carbocycles. The molecule has 1 heterocycles. The van der Waals surface area contributed by atoms with Crippen molar-refractivity contribution in [2.75, 3.05) is 22.4 Å². The molecule has 4 rings (SSSR count). The number of sulfonamides is 1. The molecule has 0 spiro atoms. The van der Waals surface area contributed by atoms with Crippen LogP contribution in [0.4, 0.5) is 11.4 Å². The Morgan fingerprint density at radius 2 is 1.72 bits per heavy atom. The molecule has 7 heteroatoms. The van der Waals surface area contributed by atoms with Crippen LogP contribution in [0.5, 0.6) is 0 Å². The average Bonchev–Trinajstić information content (AvgIpc) is 3.03. The fraction of sp³-hybridized carbons (Fsp3) is 0.136. The summed E-state index contributed by atoms with van der Waals surface area (Å²) < 4.78 is 31.4. The number of hydrogen-bond donors (Lipinski definition) is 1. The number of para-hydroxylation sites is 1. The van der Waals surface area contributed by atoms with Gasteiger partial charge in [-0.25, -0.2) is 8.42 Å². The third kappa shape index (κ3) is 3.95. The molecular weight excluding hydrogens is 388 g/mol. The monoisotopic (exact) mass is 408 g/mol. The van der Waals surface area contributed by atoms with E-state index in [2.05, 4.69) is 5.32 Å². The lowest BCUT2D eigenvalue weighted by Crippen LogP contribution is -2.37. The minimum Gasteiger partial charge on any atom is -0.456 e. The van der Waals surface area contributed by atoms with Crippen LogP contribution in [0.25, 0.3) is 21.9 Å². The van der Waals surface area contributed by atoms with Crippen LogP contribution >= 0.6 is 0 Å². The first-order valence-corrected chi connectivity index (χ1v) is 10.9. The molecule has 1 N–H and O–H groups in total. The first kappa shape index (κ1) is 19.0. The van der Waals surface area contributed by atoms with E-state index in [-0.39, 0.29) is 6.54 Å². The van der Waals surface area contributed by atoms with Crippen LogP contribution in [-0.4, -0.2) is 27.1 Å². The Labute approximate surface area is 168 Å². The molecule has 29 heavy (non-hydrogen) atoms. The third-order valence-corrected chi connectivity index (χ3v) is 5.78. The van der Waals surface area contributed by atoms with Crippen molar-refractivity contribution in [3.05, 3.63) is 72.3 Å². The third-order valence-electron chi connectivity index (χ3n) is 4.64. The quantitative estimate of drug-likeness (QED) is 0.534. The molecular formula is C22H20N2O4S. The number of amides is 1. The second kappa shape index (κ2) is 7.25. The van der Waals surface area contributed by atoms with E-state index in [0.717, 1.165) is 32.5 Å². The topological polar surface area (TPSA) is 79.6 Å². The number of anilines is 2. The van der Waals surface area contributed by atoms with Crippen LogP contribution in [0, 0.1) is 6.92 Å². The Morgan fingerprint density at radius 1 is 0.966 bits per heavy atom. The maximum Gasteiger partial charge on any atom is 0.245 e. The standard InChI is InChI=1S/C22H20N2O4S/c1-15-6-5-7-17(12-15)24(29(2,26)27)14-22(25)23-16-10-11-19-18-8-3-4-9-20(18)28-21(19)13-16/h3-13H,14H2,1-2H3,(H,23,25). The van der Waals surface area contributed by atoms with Gasteiger partial charge in [-0.05, 0) is 42.8 Å². The number of furan rings is 1. The first-order chi connectivity index (χ1) is 13.8. The molecule has 0 aliphatic heterocycles. The van der Waals surface area contributed by atoms with Crippen LogP contribution < -0.4 is 9.62 Å². The zero-order valence-corrected chi connectivity index (χ0v) is 16.9. The van der Waals surface area contributed by atoms with Crippen molar-refractivity contribution in [3.8, 4) is 0 Å². The number of fused-ring (bicyclic) bond motifs is 3. The molecule has 6 nitrogen and oxygen atoms in total. The number of hydrogen-bond acceptors (Lipinski definition) is 4. The summed E-state index contributed by atoms with van der Waals surface area (Å²) >= 11 is 0. The molecule has 0 unspecified atom stereocenters. The molecule has 4 aromatic rings. The Bertz CT molecular complexity index is 1330. The van der Waals surface area contributed by atoms with Gasteiger partial charge < -0.3 is 9.73 Å². The Hall–Kier alpha value is -3.32. The Morgan fingerprint density at radius 3 is 2.48 bits per heavy atom. The molecule has 0 bridgehead atoms. The summed E-state index contributed by atoms with van der Waals surface area (Å²) in [5, 5.41) is 4.72. The molecule has 0 aliphatic rings. The van der Waals surface area contributed by atoms with Crippen molar-refractivity contribution < 1.29 is 17.6 Å². The molecule has 0 fully saturated rings. The normalized spacial score (nSPS) is 11.7. The molecule has 0 aliphatic carbocycles. The molecule has 1 amide bonds. The largest absolute Gasteiger partial charge is 0.456 e. The number of carbonyl (C=O) groups is 1. The van der Waals surface area contributed by atoms with E-state index in [1.54, 1.807) is 30.3 Å². The van der Waals surface area contributed by atoms with Crippen LogP contribution in [0.15, 0.2) is 71.1 Å². The van der Waals surface area contributed by atoms with Crippen LogP contribution in [0.3, 0.4) is 0 Å². The summed E-state index contributed by atoms with van der Waals surface area (Å²) in [7, 11) is -3.62. The van der Waals surface area contributed by atoms with Crippen molar-refractivity contribution in [1.82, 2.24) is 0 Å². The molecule has 148 valence electrons. The highest BCUT2D eigenvalue weighted by Crippen LogP contribution is 2.30. The highest BCUT2D eigenvalue weighted by molar-refractivity contribution is 7.92. The van der Waals surface area contributed by atoms with Crippen molar-refractivity contribution in [2.24, 2.45) is 0 Å². The van der Waals surface area contributed by atoms with Gasteiger partial charge in [-0.3, -0.25) is 9.10 Å². The lowest BCUT2D eigenvalue weighted by molar-refractivity contribution is -0.114. The molecule has 0 saturated heterocycles. The maximum absolute atomic E-state index is 12.6. The van der Waals surface area contributed by atoms with E-state index in [1.807, 2.05) is 43.3 Å². The second-order valence-corrected chi connectivity index (χ2v) is 8.87. The Balaban J connectivity index is 1.58. The minimum absolute atomic E-state index is 0.319. The summed E-state index contributed by atoms with van der Waals surface area (Å²) in [6.07, 6.45) is 1.09. The number of benzene rings is 3. The van der Waals surface area contributed by atoms with Gasteiger partial charge in [0, 0.05) is 22.5 Å². The van der Waals surface area contributed by atoms with Gasteiger partial charge in [0.15, 0.2) is 0 Å². The highest BCUT2D eigenvalue weighted by atomic mass is 32.2. The lowest BCUT2D eigenvalue weighted by Gasteiger charge is -2.22. The van der Waals surface area contributed by atoms with Crippen molar-refractivity contribution in [1.29, 1.82) is 0 Å². The molecule has 0 atom stereocenters. The highest BCUT2D eigenvalue weighted by Gasteiger charge is 2.21.